The first-order valence-electron chi connectivity index (χ1n) is 7.44. The fourth-order valence-corrected chi connectivity index (χ4v) is 1.94. The molecule has 0 aliphatic carbocycles. The van der Waals surface area contributed by atoms with E-state index in [0.29, 0.717) is 13.2 Å². The van der Waals surface area contributed by atoms with Crippen molar-refractivity contribution in [3.8, 4) is 5.75 Å². The van der Waals surface area contributed by atoms with Gasteiger partial charge in [-0.1, -0.05) is 12.1 Å². The summed E-state index contributed by atoms with van der Waals surface area (Å²) in [5.41, 5.74) is 2.29. The molecule has 0 aromatic heterocycles. The van der Waals surface area contributed by atoms with Gasteiger partial charge in [-0.3, -0.25) is 0 Å². The summed E-state index contributed by atoms with van der Waals surface area (Å²) in [6, 6.07) is 6.13. The van der Waals surface area contributed by atoms with Gasteiger partial charge in [-0.15, -0.1) is 0 Å². The molecule has 1 rings (SSSR count). The maximum absolute atomic E-state index is 5.31. The quantitative estimate of drug-likeness (QED) is 0.438. The fourth-order valence-electron chi connectivity index (χ4n) is 1.94. The zero-order chi connectivity index (χ0) is 15.5. The van der Waals surface area contributed by atoms with Crippen molar-refractivity contribution in [1.82, 2.24) is 10.6 Å². The Bertz CT molecular complexity index is 447. The van der Waals surface area contributed by atoms with Gasteiger partial charge in [0.15, 0.2) is 5.96 Å². The van der Waals surface area contributed by atoms with Gasteiger partial charge in [-0.05, 0) is 38.0 Å². The van der Waals surface area contributed by atoms with Gasteiger partial charge >= 0.3 is 0 Å². The molecule has 1 aromatic carbocycles. The Balaban J connectivity index is 2.58. The zero-order valence-corrected chi connectivity index (χ0v) is 13.5. The molecule has 0 unspecified atom stereocenters. The first-order chi connectivity index (χ1) is 10.2. The van der Waals surface area contributed by atoms with Crippen LogP contribution in [0.3, 0.4) is 0 Å². The highest BCUT2D eigenvalue weighted by atomic mass is 16.5. The number of ether oxygens (including phenoxy) is 2. The second-order valence-electron chi connectivity index (χ2n) is 4.62. The maximum atomic E-state index is 5.31. The van der Waals surface area contributed by atoms with E-state index in [1.54, 1.807) is 7.11 Å². The Morgan fingerprint density at radius 2 is 2.05 bits per heavy atom. The summed E-state index contributed by atoms with van der Waals surface area (Å²) in [7, 11) is 1.69. The summed E-state index contributed by atoms with van der Waals surface area (Å²) < 4.78 is 10.6. The number of guanidine groups is 1. The van der Waals surface area contributed by atoms with Crippen molar-refractivity contribution in [2.75, 3.05) is 33.4 Å². The average molecular weight is 293 g/mol. The van der Waals surface area contributed by atoms with Crippen molar-refractivity contribution in [3.63, 3.8) is 0 Å². The number of rotatable bonds is 8. The highest BCUT2D eigenvalue weighted by molar-refractivity contribution is 5.79. The Hall–Kier alpha value is -1.75. The molecule has 0 saturated carbocycles. The Morgan fingerprint density at radius 1 is 1.24 bits per heavy atom. The molecule has 0 radical (unpaired) electrons. The topological polar surface area (TPSA) is 54.9 Å². The van der Waals surface area contributed by atoms with Crippen LogP contribution in [0.25, 0.3) is 0 Å². The predicted molar refractivity (Wildman–Crippen MR) is 87.0 cm³/mol. The third-order valence-corrected chi connectivity index (χ3v) is 2.97. The molecule has 2 N–H and O–H groups in total. The lowest BCUT2D eigenvalue weighted by Crippen LogP contribution is -2.39. The van der Waals surface area contributed by atoms with E-state index in [1.165, 1.54) is 0 Å². The minimum atomic E-state index is 0.634. The average Bonchev–Trinajstić information content (AvgIpc) is 2.49. The zero-order valence-electron chi connectivity index (χ0n) is 13.5. The number of methoxy groups -OCH3 is 1. The molecule has 21 heavy (non-hydrogen) atoms. The molecule has 0 aliphatic heterocycles. The van der Waals surface area contributed by atoms with E-state index >= 15 is 0 Å². The van der Waals surface area contributed by atoms with Crippen molar-refractivity contribution >= 4 is 5.96 Å². The van der Waals surface area contributed by atoms with E-state index in [9.17, 15) is 0 Å². The molecule has 0 fully saturated rings. The monoisotopic (exact) mass is 293 g/mol. The van der Waals surface area contributed by atoms with Crippen LogP contribution in [0.4, 0.5) is 0 Å². The van der Waals surface area contributed by atoms with Crippen molar-refractivity contribution in [2.45, 2.75) is 27.3 Å². The smallest absolute Gasteiger partial charge is 0.191 e. The Labute approximate surface area is 127 Å². The van der Waals surface area contributed by atoms with Crippen LogP contribution < -0.4 is 15.4 Å². The molecule has 0 aliphatic rings. The first kappa shape index (κ1) is 17.3. The van der Waals surface area contributed by atoms with Crippen LogP contribution in [0, 0.1) is 6.92 Å². The van der Waals surface area contributed by atoms with Gasteiger partial charge < -0.3 is 20.1 Å². The number of benzene rings is 1. The van der Waals surface area contributed by atoms with Crippen LogP contribution in [0.1, 0.15) is 25.0 Å². The van der Waals surface area contributed by atoms with Gasteiger partial charge in [-0.25, -0.2) is 4.99 Å². The van der Waals surface area contributed by atoms with Gasteiger partial charge in [0.25, 0.3) is 0 Å². The lowest BCUT2D eigenvalue weighted by molar-refractivity contribution is 0.152. The number of nitrogens with zero attached hydrogens (tertiary/aromatic N) is 1. The minimum Gasteiger partial charge on any atom is -0.496 e. The fraction of sp³-hybridized carbons (Fsp3) is 0.562. The number of aliphatic imine (C=N–C) groups is 1. The number of aryl methyl sites for hydroxylation is 1. The standard InChI is InChI=1S/C16H27N3O2/c1-5-17-16(18-9-10-21-6-2)19-12-14-7-8-15(20-4)13(3)11-14/h7-8,11H,5-6,9-10,12H2,1-4H3,(H2,17,18,19). The van der Waals surface area contributed by atoms with Crippen molar-refractivity contribution < 1.29 is 9.47 Å². The van der Waals surface area contributed by atoms with Crippen LogP contribution in [-0.4, -0.2) is 39.4 Å². The maximum Gasteiger partial charge on any atom is 0.191 e. The van der Waals surface area contributed by atoms with E-state index in [1.807, 2.05) is 26.0 Å². The molecular formula is C16H27N3O2. The summed E-state index contributed by atoms with van der Waals surface area (Å²) in [6.45, 7) is 9.72. The van der Waals surface area contributed by atoms with E-state index in [-0.39, 0.29) is 0 Å². The second-order valence-corrected chi connectivity index (χ2v) is 4.62. The molecule has 5 nitrogen and oxygen atoms in total. The molecule has 0 amide bonds. The largest absolute Gasteiger partial charge is 0.496 e. The summed E-state index contributed by atoms with van der Waals surface area (Å²) in [4.78, 5) is 4.58. The first-order valence-corrected chi connectivity index (χ1v) is 7.44. The Kier molecular flexibility index (Phi) is 8.28. The molecule has 0 heterocycles. The summed E-state index contributed by atoms with van der Waals surface area (Å²) >= 11 is 0. The number of hydrogen-bond acceptors (Lipinski definition) is 3. The lowest BCUT2D eigenvalue weighted by Gasteiger charge is -2.11. The summed E-state index contributed by atoms with van der Waals surface area (Å²) in [5, 5.41) is 6.48. The van der Waals surface area contributed by atoms with Gasteiger partial charge in [0.2, 0.25) is 0 Å². The molecule has 1 aromatic rings. The second kappa shape index (κ2) is 10.0. The number of nitrogens with one attached hydrogen (secondary N) is 2. The van der Waals surface area contributed by atoms with Crippen LogP contribution in [0.2, 0.25) is 0 Å². The molecule has 5 heteroatoms. The summed E-state index contributed by atoms with van der Waals surface area (Å²) in [6.07, 6.45) is 0. The van der Waals surface area contributed by atoms with Crippen LogP contribution in [0.5, 0.6) is 5.75 Å². The molecule has 0 bridgehead atoms. The minimum absolute atomic E-state index is 0.634. The normalized spacial score (nSPS) is 11.3. The van der Waals surface area contributed by atoms with E-state index in [4.69, 9.17) is 9.47 Å². The Morgan fingerprint density at radius 3 is 2.67 bits per heavy atom. The summed E-state index contributed by atoms with van der Waals surface area (Å²) in [5.74, 6) is 1.72. The SMILES string of the molecule is CCNC(=NCc1ccc(OC)c(C)c1)NCCOCC. The molecular weight excluding hydrogens is 266 g/mol. The van der Waals surface area contributed by atoms with Crippen LogP contribution in [-0.2, 0) is 11.3 Å². The third kappa shape index (κ3) is 6.49. The van der Waals surface area contributed by atoms with E-state index < -0.39 is 0 Å². The van der Waals surface area contributed by atoms with Gasteiger partial charge in [0, 0.05) is 19.7 Å². The van der Waals surface area contributed by atoms with Crippen molar-refractivity contribution in [3.05, 3.63) is 29.3 Å². The highest BCUT2D eigenvalue weighted by Gasteiger charge is 2.01. The highest BCUT2D eigenvalue weighted by Crippen LogP contribution is 2.18. The molecule has 118 valence electrons. The predicted octanol–water partition coefficient (Wildman–Crippen LogP) is 2.10. The van der Waals surface area contributed by atoms with Gasteiger partial charge in [0.05, 0.1) is 20.3 Å². The third-order valence-electron chi connectivity index (χ3n) is 2.97. The number of hydrogen-bond donors (Lipinski definition) is 2. The molecule has 0 spiro atoms. The lowest BCUT2D eigenvalue weighted by atomic mass is 10.1. The van der Waals surface area contributed by atoms with Crippen LogP contribution in [0.15, 0.2) is 23.2 Å². The van der Waals surface area contributed by atoms with Crippen molar-refractivity contribution in [2.24, 2.45) is 4.99 Å². The molecule has 0 saturated heterocycles. The van der Waals surface area contributed by atoms with Gasteiger partial charge in [0.1, 0.15) is 5.75 Å². The van der Waals surface area contributed by atoms with Crippen molar-refractivity contribution in [1.29, 1.82) is 0 Å². The van der Waals surface area contributed by atoms with E-state index in [2.05, 4.69) is 28.6 Å². The van der Waals surface area contributed by atoms with E-state index in [0.717, 1.165) is 42.5 Å². The van der Waals surface area contributed by atoms with Gasteiger partial charge in [-0.2, -0.15) is 0 Å². The van der Waals surface area contributed by atoms with Crippen LogP contribution >= 0.6 is 0 Å². The molecule has 0 atom stereocenters.